The molecule has 17 heteroatoms. The van der Waals surface area contributed by atoms with Gasteiger partial charge in [0.1, 0.15) is 0 Å². The lowest BCUT2D eigenvalue weighted by Gasteiger charge is -2.39. The zero-order valence-corrected chi connectivity index (χ0v) is 29.6. The first-order valence-corrected chi connectivity index (χ1v) is 16.4. The zero-order valence-electron chi connectivity index (χ0n) is 28.7. The molecule has 2 aliphatic heterocycles. The van der Waals surface area contributed by atoms with Gasteiger partial charge in [0, 0.05) is 86.1 Å². The van der Waals surface area contributed by atoms with E-state index in [2.05, 4.69) is 68.1 Å². The van der Waals surface area contributed by atoms with Gasteiger partial charge in [-0.2, -0.15) is 13.2 Å². The van der Waals surface area contributed by atoms with E-state index < -0.39 is 18.1 Å². The second kappa shape index (κ2) is 19.6. The summed E-state index contributed by atoms with van der Waals surface area (Å²) in [5.74, 6) is -1.81. The number of carbonyl (C=O) groups is 3. The van der Waals surface area contributed by atoms with Crippen LogP contribution in [0.4, 0.5) is 13.2 Å². The summed E-state index contributed by atoms with van der Waals surface area (Å²) in [6.45, 7) is 3.75. The van der Waals surface area contributed by atoms with Gasteiger partial charge in [0.25, 0.3) is 5.91 Å². The summed E-state index contributed by atoms with van der Waals surface area (Å²) in [5.41, 5.74) is 4.49. The van der Waals surface area contributed by atoms with E-state index in [1.807, 2.05) is 30.3 Å². The number of likely N-dealkylation sites (tertiary alicyclic amines) is 1. The Balaban J connectivity index is 0.000000180. The van der Waals surface area contributed by atoms with Gasteiger partial charge in [-0.3, -0.25) is 14.8 Å². The van der Waals surface area contributed by atoms with E-state index >= 15 is 0 Å². The van der Waals surface area contributed by atoms with Crippen LogP contribution in [0.3, 0.4) is 0 Å². The number of alkyl halides is 3. The highest BCUT2D eigenvalue weighted by Gasteiger charge is 2.38. The van der Waals surface area contributed by atoms with Gasteiger partial charge < -0.3 is 29.5 Å². The predicted octanol–water partition coefficient (Wildman–Crippen LogP) is 6.84. The quantitative estimate of drug-likeness (QED) is 0.160. The molecule has 3 N–H and O–H groups in total. The van der Waals surface area contributed by atoms with E-state index in [-0.39, 0.29) is 24.0 Å². The number of nitrogens with zero attached hydrogens (tertiary/aromatic N) is 5. The van der Waals surface area contributed by atoms with Gasteiger partial charge in [-0.1, -0.05) is 71.0 Å². The molecule has 2 fully saturated rings. The van der Waals surface area contributed by atoms with Crippen LogP contribution in [0.15, 0.2) is 131 Å². The van der Waals surface area contributed by atoms with Crippen molar-refractivity contribution < 1.29 is 46.8 Å². The molecule has 1 amide bonds. The molecule has 286 valence electrons. The van der Waals surface area contributed by atoms with Crippen LogP contribution in [-0.2, 0) is 4.79 Å². The monoisotopic (exact) mass is 778 g/mol. The number of aliphatic carboxylic acids is 1. The highest BCUT2D eigenvalue weighted by atomic mass is 35.5. The number of carboxylic acids is 2. The zero-order chi connectivity index (χ0) is 38.5. The van der Waals surface area contributed by atoms with Crippen LogP contribution in [0, 0.1) is 0 Å². The van der Waals surface area contributed by atoms with Crippen LogP contribution in [-0.4, -0.2) is 85.6 Å². The van der Waals surface area contributed by atoms with E-state index in [9.17, 15) is 22.8 Å². The number of amides is 1. The van der Waals surface area contributed by atoms with E-state index in [0.29, 0.717) is 28.7 Å². The molecule has 4 aromatic heterocycles. The molecule has 0 spiro atoms. The predicted molar refractivity (Wildman–Crippen MR) is 195 cm³/mol. The molecule has 0 atom stereocenters. The number of carbonyl (C=O) groups excluding carboxylic acids is 1. The van der Waals surface area contributed by atoms with Crippen LogP contribution < -0.4 is 5.32 Å². The van der Waals surface area contributed by atoms with Gasteiger partial charge in [-0.25, -0.2) is 9.59 Å². The third kappa shape index (κ3) is 11.8. The fraction of sp³-hybridized carbons (Fsp3) is 0.184. The highest BCUT2D eigenvalue weighted by Crippen LogP contribution is 2.29. The van der Waals surface area contributed by atoms with E-state index in [1.54, 1.807) is 47.9 Å². The lowest BCUT2D eigenvalue weighted by Crippen LogP contribution is -2.48. The highest BCUT2D eigenvalue weighted by molar-refractivity contribution is 5.93. The Labute approximate surface area is 318 Å². The number of hydrogen-bond donors (Lipinski definition) is 3. The fourth-order valence-electron chi connectivity index (χ4n) is 5.03. The number of benzene rings is 2. The molecular formula is C38H34ClF3N6O7. The van der Waals surface area contributed by atoms with E-state index in [1.165, 1.54) is 17.2 Å². The number of halogens is 4. The van der Waals surface area contributed by atoms with Crippen LogP contribution in [0.1, 0.15) is 43.9 Å². The summed E-state index contributed by atoms with van der Waals surface area (Å²) in [5, 5.41) is 26.3. The van der Waals surface area contributed by atoms with Gasteiger partial charge in [0.05, 0.1) is 0 Å². The van der Waals surface area contributed by atoms with Crippen molar-refractivity contribution in [3.63, 3.8) is 0 Å². The van der Waals surface area contributed by atoms with Gasteiger partial charge in [-0.05, 0) is 35.4 Å². The number of aromatic nitrogens is 4. The summed E-state index contributed by atoms with van der Waals surface area (Å²) in [7, 11) is 0. The molecule has 2 aliphatic rings. The second-order valence-corrected chi connectivity index (χ2v) is 11.8. The third-order valence-electron chi connectivity index (χ3n) is 8.09. The van der Waals surface area contributed by atoms with Crippen molar-refractivity contribution >= 4 is 30.3 Å². The van der Waals surface area contributed by atoms with Crippen molar-refractivity contribution in [3.8, 4) is 22.6 Å². The Morgan fingerprint density at radius 1 is 0.691 bits per heavy atom. The number of nitrogens with one attached hydrogen (secondary N) is 1. The minimum Gasteiger partial charge on any atom is -0.476 e. The smallest absolute Gasteiger partial charge is 0.476 e. The van der Waals surface area contributed by atoms with Crippen molar-refractivity contribution in [1.29, 1.82) is 0 Å². The molecule has 0 saturated carbocycles. The first-order valence-electron chi connectivity index (χ1n) is 16.4. The maximum absolute atomic E-state index is 12.4. The summed E-state index contributed by atoms with van der Waals surface area (Å²) < 4.78 is 41.8. The Kier molecular flexibility index (Phi) is 14.8. The Morgan fingerprint density at radius 3 is 1.53 bits per heavy atom. The SMILES string of the molecule is Cl.O=C(O)C(F)(F)F.O=C(O)c1cc(-c2cccnc2)on1.O=C(c1cc(-c2cccnc2)on1)N1CC(c2ccccc2)C1.c1ccc(C2CNC2)cc1. The maximum Gasteiger partial charge on any atom is 0.490 e. The topological polar surface area (TPSA) is 185 Å². The minimum absolute atomic E-state index is 0. The van der Waals surface area contributed by atoms with Crippen LogP contribution >= 0.6 is 12.4 Å². The van der Waals surface area contributed by atoms with Crippen molar-refractivity contribution in [2.24, 2.45) is 0 Å². The molecule has 0 radical (unpaired) electrons. The molecule has 2 saturated heterocycles. The van der Waals surface area contributed by atoms with Crippen molar-refractivity contribution in [3.05, 3.63) is 144 Å². The average Bonchev–Trinajstić information content (AvgIpc) is 3.84. The number of hydrogen-bond acceptors (Lipinski definition) is 10. The molecule has 8 rings (SSSR count). The number of rotatable bonds is 6. The lowest BCUT2D eigenvalue weighted by molar-refractivity contribution is -0.192. The fourth-order valence-corrected chi connectivity index (χ4v) is 5.03. The number of carboxylic acid groups (broad SMARTS) is 2. The van der Waals surface area contributed by atoms with E-state index in [0.717, 1.165) is 37.7 Å². The van der Waals surface area contributed by atoms with Crippen molar-refractivity contribution in [1.82, 2.24) is 30.5 Å². The first-order chi connectivity index (χ1) is 26.0. The van der Waals surface area contributed by atoms with Gasteiger partial charge in [-0.15, -0.1) is 12.4 Å². The van der Waals surface area contributed by atoms with Crippen molar-refractivity contribution in [2.45, 2.75) is 18.0 Å². The summed E-state index contributed by atoms with van der Waals surface area (Å²) in [6, 6.07) is 31.2. The molecule has 2 aromatic carbocycles. The van der Waals surface area contributed by atoms with Gasteiger partial charge >= 0.3 is 18.1 Å². The maximum atomic E-state index is 12.4. The average molecular weight is 779 g/mol. The third-order valence-corrected chi connectivity index (χ3v) is 8.09. The van der Waals surface area contributed by atoms with E-state index in [4.69, 9.17) is 24.1 Å². The van der Waals surface area contributed by atoms with Gasteiger partial charge in [0.2, 0.25) is 0 Å². The molecule has 55 heavy (non-hydrogen) atoms. The second-order valence-electron chi connectivity index (χ2n) is 11.8. The van der Waals surface area contributed by atoms with Gasteiger partial charge in [0.15, 0.2) is 22.9 Å². The molecule has 0 unspecified atom stereocenters. The first kappa shape index (κ1) is 41.4. The Bertz CT molecular complexity index is 2090. The van der Waals surface area contributed by atoms with Crippen molar-refractivity contribution in [2.75, 3.05) is 26.2 Å². The minimum atomic E-state index is -5.08. The summed E-state index contributed by atoms with van der Waals surface area (Å²) >= 11 is 0. The standard InChI is InChI=1S/C18H15N3O2.C9H6N2O3.C9H11N.C2HF3O2.ClH/c22-18(21-11-15(12-21)13-5-2-1-3-6-13)16-9-17(23-20-16)14-7-4-8-19-10-14;12-9(13)7-4-8(14-11-7)6-2-1-3-10-5-6;1-2-4-8(5-3-1)9-6-10-7-9;3-2(4,5)1(6)7;/h1-10,15H,11-12H2;1-5H,(H,12,13);1-5,9-10H,6-7H2;(H,6,7);1H. The molecule has 0 aliphatic carbocycles. The Morgan fingerprint density at radius 2 is 1.15 bits per heavy atom. The molecule has 6 heterocycles. The summed E-state index contributed by atoms with van der Waals surface area (Å²) in [4.78, 5) is 41.6. The normalized spacial score (nSPS) is 13.4. The van der Waals surface area contributed by atoms with Crippen LogP contribution in [0.2, 0.25) is 0 Å². The molecule has 6 aromatic rings. The Hall–Kier alpha value is -6.39. The largest absolute Gasteiger partial charge is 0.490 e. The molecule has 13 nitrogen and oxygen atoms in total. The number of pyridine rings is 2. The lowest BCUT2D eigenvalue weighted by atomic mass is 9.91. The number of aromatic carboxylic acids is 1. The van der Waals surface area contributed by atoms with Crippen LogP contribution in [0.5, 0.6) is 0 Å². The summed E-state index contributed by atoms with van der Waals surface area (Å²) in [6.07, 6.45) is 1.49. The van der Waals surface area contributed by atoms with Crippen LogP contribution in [0.25, 0.3) is 22.6 Å². The molecule has 0 bridgehead atoms. The molecular weight excluding hydrogens is 745 g/mol.